The molecule has 0 heterocycles. The third-order valence-electron chi connectivity index (χ3n) is 3.24. The predicted molar refractivity (Wildman–Crippen MR) is 99.7 cm³/mol. The van der Waals surface area contributed by atoms with Gasteiger partial charge in [0, 0.05) is 15.4 Å². The van der Waals surface area contributed by atoms with E-state index < -0.39 is 5.97 Å². The van der Waals surface area contributed by atoms with Crippen molar-refractivity contribution in [1.29, 1.82) is 0 Å². The zero-order valence-electron chi connectivity index (χ0n) is 13.8. The van der Waals surface area contributed by atoms with Crippen LogP contribution < -0.4 is 9.47 Å². The molecule has 0 saturated heterocycles. The van der Waals surface area contributed by atoms with Gasteiger partial charge in [-0.25, -0.2) is 0 Å². The molecule has 0 bridgehead atoms. The molecule has 0 saturated carbocycles. The summed E-state index contributed by atoms with van der Waals surface area (Å²) in [6, 6.07) is 12.4. The quantitative estimate of drug-likeness (QED) is 0.362. The highest BCUT2D eigenvalue weighted by Crippen LogP contribution is 2.25. The van der Waals surface area contributed by atoms with Crippen LogP contribution in [0.15, 0.2) is 51.8 Å². The van der Waals surface area contributed by atoms with Gasteiger partial charge < -0.3 is 14.2 Å². The number of carbonyl (C=O) groups is 2. The molecule has 2 rings (SSSR count). The second-order valence-electron chi connectivity index (χ2n) is 4.89. The molecule has 2 aromatic carbocycles. The molecule has 5 nitrogen and oxygen atoms in total. The Bertz CT molecular complexity index is 746. The molecule has 2 aromatic rings. The molecule has 25 heavy (non-hydrogen) atoms. The summed E-state index contributed by atoms with van der Waals surface area (Å²) in [5, 5.41) is 0. The van der Waals surface area contributed by atoms with E-state index in [0.717, 1.165) is 9.37 Å². The van der Waals surface area contributed by atoms with Crippen LogP contribution in [0.4, 0.5) is 0 Å². The maximum Gasteiger partial charge on any atom is 0.316 e. The Labute approximate surface area is 158 Å². The SMILES string of the molecule is COc1ccc(C(=O)COC(=O)CSc2ccc(Br)cc2)c(OC)c1. The van der Waals surface area contributed by atoms with E-state index in [2.05, 4.69) is 15.9 Å². The van der Waals surface area contributed by atoms with Gasteiger partial charge in [-0.05, 0) is 36.4 Å². The number of ether oxygens (including phenoxy) is 3. The first-order valence-corrected chi connectivity index (χ1v) is 9.10. The normalized spacial score (nSPS) is 10.2. The molecule has 0 unspecified atom stereocenters. The summed E-state index contributed by atoms with van der Waals surface area (Å²) < 4.78 is 16.3. The van der Waals surface area contributed by atoms with Gasteiger partial charge in [0.25, 0.3) is 0 Å². The minimum absolute atomic E-state index is 0.134. The molecule has 0 aliphatic rings. The fourth-order valence-corrected chi connectivity index (χ4v) is 2.93. The van der Waals surface area contributed by atoms with E-state index in [1.54, 1.807) is 18.2 Å². The van der Waals surface area contributed by atoms with Gasteiger partial charge in [0.1, 0.15) is 11.5 Å². The summed E-state index contributed by atoms with van der Waals surface area (Å²) >= 11 is 4.70. The summed E-state index contributed by atoms with van der Waals surface area (Å²) in [7, 11) is 2.99. The third kappa shape index (κ3) is 5.79. The van der Waals surface area contributed by atoms with E-state index in [4.69, 9.17) is 14.2 Å². The molecule has 132 valence electrons. The second kappa shape index (κ2) is 9.48. The molecule has 7 heteroatoms. The lowest BCUT2D eigenvalue weighted by Crippen LogP contribution is -2.16. The molecule has 0 aliphatic heterocycles. The number of methoxy groups -OCH3 is 2. The van der Waals surface area contributed by atoms with Crippen LogP contribution in [-0.4, -0.2) is 38.3 Å². The Hall–Kier alpha value is -1.99. The Morgan fingerprint density at radius 1 is 1.04 bits per heavy atom. The molecule has 0 aromatic heterocycles. The van der Waals surface area contributed by atoms with Crippen LogP contribution in [0.2, 0.25) is 0 Å². The number of hydrogen-bond donors (Lipinski definition) is 0. The van der Waals surface area contributed by atoms with E-state index in [1.165, 1.54) is 26.0 Å². The molecular formula is C18H17BrO5S. The highest BCUT2D eigenvalue weighted by Gasteiger charge is 2.15. The Balaban J connectivity index is 1.86. The fraction of sp³-hybridized carbons (Fsp3) is 0.222. The number of hydrogen-bond acceptors (Lipinski definition) is 6. The van der Waals surface area contributed by atoms with Gasteiger partial charge in [0.15, 0.2) is 6.61 Å². The molecular weight excluding hydrogens is 408 g/mol. The highest BCUT2D eigenvalue weighted by molar-refractivity contribution is 9.10. The van der Waals surface area contributed by atoms with Crippen molar-refractivity contribution in [3.8, 4) is 11.5 Å². The van der Waals surface area contributed by atoms with Gasteiger partial charge in [-0.3, -0.25) is 9.59 Å². The number of ketones is 1. The van der Waals surface area contributed by atoms with Crippen molar-refractivity contribution in [2.75, 3.05) is 26.6 Å². The Kier molecular flexibility index (Phi) is 7.33. The van der Waals surface area contributed by atoms with Crippen molar-refractivity contribution in [2.45, 2.75) is 4.90 Å². The van der Waals surface area contributed by atoms with Gasteiger partial charge in [-0.1, -0.05) is 15.9 Å². The number of carbonyl (C=O) groups excluding carboxylic acids is 2. The van der Waals surface area contributed by atoms with E-state index in [1.807, 2.05) is 24.3 Å². The van der Waals surface area contributed by atoms with Crippen LogP contribution in [0, 0.1) is 0 Å². The first-order chi connectivity index (χ1) is 12.0. The Morgan fingerprint density at radius 3 is 2.40 bits per heavy atom. The molecule has 0 N–H and O–H groups in total. The van der Waals surface area contributed by atoms with E-state index in [-0.39, 0.29) is 18.1 Å². The van der Waals surface area contributed by atoms with Crippen LogP contribution in [0.25, 0.3) is 0 Å². The molecule has 0 spiro atoms. The highest BCUT2D eigenvalue weighted by atomic mass is 79.9. The van der Waals surface area contributed by atoms with E-state index >= 15 is 0 Å². The van der Waals surface area contributed by atoms with Gasteiger partial charge >= 0.3 is 5.97 Å². The number of benzene rings is 2. The van der Waals surface area contributed by atoms with E-state index in [0.29, 0.717) is 17.1 Å². The van der Waals surface area contributed by atoms with Gasteiger partial charge in [0.05, 0.1) is 25.5 Å². The topological polar surface area (TPSA) is 61.8 Å². The third-order valence-corrected chi connectivity index (χ3v) is 4.76. The molecule has 0 amide bonds. The molecule has 0 radical (unpaired) electrons. The van der Waals surface area contributed by atoms with Crippen LogP contribution >= 0.6 is 27.7 Å². The maximum absolute atomic E-state index is 12.2. The number of Topliss-reactive ketones (excluding diaryl/α,β-unsaturated/α-hetero) is 1. The monoisotopic (exact) mass is 424 g/mol. The van der Waals surface area contributed by atoms with Crippen LogP contribution in [0.3, 0.4) is 0 Å². The van der Waals surface area contributed by atoms with E-state index in [9.17, 15) is 9.59 Å². The standard InChI is InChI=1S/C18H17BrO5S/c1-22-13-5-8-15(17(9-13)23-2)16(20)10-24-18(21)11-25-14-6-3-12(19)4-7-14/h3-9H,10-11H2,1-2H3. The van der Waals surface area contributed by atoms with Crippen molar-refractivity contribution in [2.24, 2.45) is 0 Å². The molecule has 0 fully saturated rings. The summed E-state index contributed by atoms with van der Waals surface area (Å²) in [6.45, 7) is -0.331. The molecule has 0 aliphatic carbocycles. The minimum Gasteiger partial charge on any atom is -0.497 e. The summed E-state index contributed by atoms with van der Waals surface area (Å²) in [4.78, 5) is 25.0. The Morgan fingerprint density at radius 2 is 1.76 bits per heavy atom. The second-order valence-corrected chi connectivity index (χ2v) is 6.86. The summed E-state index contributed by atoms with van der Waals surface area (Å²) in [6.07, 6.45) is 0. The first-order valence-electron chi connectivity index (χ1n) is 7.32. The van der Waals surface area contributed by atoms with Gasteiger partial charge in [0.2, 0.25) is 5.78 Å². The van der Waals surface area contributed by atoms with Crippen molar-refractivity contribution >= 4 is 39.4 Å². The maximum atomic E-state index is 12.2. The zero-order valence-corrected chi connectivity index (χ0v) is 16.2. The summed E-state index contributed by atoms with van der Waals surface area (Å²) in [5.74, 6) is 0.311. The number of esters is 1. The lowest BCUT2D eigenvalue weighted by atomic mass is 10.1. The predicted octanol–water partition coefficient (Wildman–Crippen LogP) is 3.98. The van der Waals surface area contributed by atoms with Gasteiger partial charge in [-0.15, -0.1) is 11.8 Å². The van der Waals surface area contributed by atoms with Crippen LogP contribution in [0.5, 0.6) is 11.5 Å². The first kappa shape index (κ1) is 19.3. The lowest BCUT2D eigenvalue weighted by molar-refractivity contribution is -0.139. The van der Waals surface area contributed by atoms with Gasteiger partial charge in [-0.2, -0.15) is 0 Å². The number of halogens is 1. The fourth-order valence-electron chi connectivity index (χ4n) is 1.97. The molecule has 0 atom stereocenters. The smallest absolute Gasteiger partial charge is 0.316 e. The lowest BCUT2D eigenvalue weighted by Gasteiger charge is -2.10. The largest absolute Gasteiger partial charge is 0.497 e. The average Bonchev–Trinajstić information content (AvgIpc) is 2.65. The minimum atomic E-state index is -0.450. The number of rotatable bonds is 8. The number of thioether (sulfide) groups is 1. The van der Waals surface area contributed by atoms with Crippen LogP contribution in [-0.2, 0) is 9.53 Å². The zero-order chi connectivity index (χ0) is 18.2. The van der Waals surface area contributed by atoms with Crippen LogP contribution in [0.1, 0.15) is 10.4 Å². The van der Waals surface area contributed by atoms with Crippen molar-refractivity contribution in [1.82, 2.24) is 0 Å². The van der Waals surface area contributed by atoms with Crippen molar-refractivity contribution < 1.29 is 23.8 Å². The van der Waals surface area contributed by atoms with Crippen molar-refractivity contribution in [3.63, 3.8) is 0 Å². The average molecular weight is 425 g/mol. The summed E-state index contributed by atoms with van der Waals surface area (Å²) in [5.41, 5.74) is 0.344. The van der Waals surface area contributed by atoms with Crippen molar-refractivity contribution in [3.05, 3.63) is 52.5 Å².